The first-order valence-corrected chi connectivity index (χ1v) is 9.32. The Kier molecular flexibility index (Phi) is 4.23. The molecule has 1 amide bonds. The van der Waals surface area contributed by atoms with Gasteiger partial charge >= 0.3 is 0 Å². The average molecular weight is 322 g/mol. The maximum absolute atomic E-state index is 12.4. The van der Waals surface area contributed by atoms with Gasteiger partial charge in [0, 0.05) is 28.6 Å². The van der Waals surface area contributed by atoms with Crippen LogP contribution in [0.25, 0.3) is 0 Å². The van der Waals surface area contributed by atoms with Crippen molar-refractivity contribution in [2.75, 3.05) is 6.54 Å². The number of piperidine rings is 1. The zero-order valence-corrected chi connectivity index (χ0v) is 13.2. The van der Waals surface area contributed by atoms with Gasteiger partial charge in [-0.15, -0.1) is 11.3 Å². The Bertz CT molecular complexity index is 582. The maximum atomic E-state index is 12.4. The van der Waals surface area contributed by atoms with Crippen LogP contribution in [0.2, 0.25) is 0 Å². The smallest absolute Gasteiger partial charge is 0.270 e. The second-order valence-corrected chi connectivity index (χ2v) is 8.79. The number of nitrogens with zero attached hydrogens (tertiary/aromatic N) is 1. The summed E-state index contributed by atoms with van der Waals surface area (Å²) in [6.45, 7) is 4.86. The minimum Gasteiger partial charge on any atom is -0.336 e. The number of likely N-dealkylation sites (tertiary alicyclic amines) is 1. The first-order valence-electron chi connectivity index (χ1n) is 6.13. The van der Waals surface area contributed by atoms with E-state index in [1.807, 2.05) is 11.8 Å². The molecule has 0 aliphatic carbocycles. The SMILES string of the molecule is CC1CCC(C)N(C(=O)c2csc(S(=O)(=O)Cl)c2)C1. The number of carbonyl (C=O) groups excluding carboxylic acids is 1. The molecule has 1 aliphatic rings. The Morgan fingerprint density at radius 2 is 2.11 bits per heavy atom. The van der Waals surface area contributed by atoms with E-state index in [1.165, 1.54) is 6.07 Å². The standard InChI is InChI=1S/C12H16ClNO3S2/c1-8-3-4-9(2)14(6-8)12(15)10-5-11(18-7-10)19(13,16)17/h5,7-9H,3-4,6H2,1-2H3. The van der Waals surface area contributed by atoms with Gasteiger partial charge < -0.3 is 4.90 Å². The van der Waals surface area contributed by atoms with Crippen LogP contribution in [0.5, 0.6) is 0 Å². The summed E-state index contributed by atoms with van der Waals surface area (Å²) in [5.74, 6) is 0.372. The predicted molar refractivity (Wildman–Crippen MR) is 76.3 cm³/mol. The number of carbonyl (C=O) groups is 1. The van der Waals surface area contributed by atoms with Crippen LogP contribution in [0.3, 0.4) is 0 Å². The fourth-order valence-electron chi connectivity index (χ4n) is 2.29. The molecule has 1 saturated heterocycles. The van der Waals surface area contributed by atoms with Crippen molar-refractivity contribution in [2.45, 2.75) is 36.9 Å². The lowest BCUT2D eigenvalue weighted by molar-refractivity contribution is 0.0574. The third-order valence-corrected chi connectivity index (χ3v) is 6.48. The number of thiophene rings is 1. The highest BCUT2D eigenvalue weighted by molar-refractivity contribution is 8.15. The van der Waals surface area contributed by atoms with Gasteiger partial charge in [-0.1, -0.05) is 6.92 Å². The predicted octanol–water partition coefficient (Wildman–Crippen LogP) is 2.94. The molecule has 4 nitrogen and oxygen atoms in total. The van der Waals surface area contributed by atoms with Crippen molar-refractivity contribution in [1.82, 2.24) is 4.90 Å². The summed E-state index contributed by atoms with van der Waals surface area (Å²) in [7, 11) is 1.52. The number of halogens is 1. The summed E-state index contributed by atoms with van der Waals surface area (Å²) in [4.78, 5) is 14.2. The van der Waals surface area contributed by atoms with E-state index in [0.29, 0.717) is 11.5 Å². The summed E-state index contributed by atoms with van der Waals surface area (Å²) in [5.41, 5.74) is 0.408. The minimum absolute atomic E-state index is 0.0234. The Morgan fingerprint density at radius 3 is 2.68 bits per heavy atom. The van der Waals surface area contributed by atoms with Crippen molar-refractivity contribution in [1.29, 1.82) is 0 Å². The molecule has 1 aliphatic heterocycles. The second-order valence-electron chi connectivity index (χ2n) is 5.08. The molecule has 106 valence electrons. The molecular formula is C12H16ClNO3S2. The van der Waals surface area contributed by atoms with Gasteiger partial charge in [-0.3, -0.25) is 4.79 Å². The van der Waals surface area contributed by atoms with Crippen molar-refractivity contribution in [2.24, 2.45) is 5.92 Å². The van der Waals surface area contributed by atoms with E-state index in [4.69, 9.17) is 10.7 Å². The second kappa shape index (κ2) is 5.42. The normalized spacial score (nSPS) is 24.5. The Morgan fingerprint density at radius 1 is 1.42 bits per heavy atom. The Hall–Kier alpha value is -0.590. The molecule has 0 N–H and O–H groups in total. The van der Waals surface area contributed by atoms with Gasteiger partial charge in [-0.25, -0.2) is 8.42 Å². The van der Waals surface area contributed by atoms with E-state index in [1.54, 1.807) is 5.38 Å². The van der Waals surface area contributed by atoms with Gasteiger partial charge in [0.1, 0.15) is 4.21 Å². The molecule has 1 fully saturated rings. The molecule has 19 heavy (non-hydrogen) atoms. The minimum atomic E-state index is -3.75. The largest absolute Gasteiger partial charge is 0.336 e. The summed E-state index contributed by atoms with van der Waals surface area (Å²) in [6.07, 6.45) is 2.10. The maximum Gasteiger partial charge on any atom is 0.270 e. The van der Waals surface area contributed by atoms with Gasteiger partial charge in [0.25, 0.3) is 15.0 Å². The molecule has 2 heterocycles. The highest BCUT2D eigenvalue weighted by atomic mass is 35.7. The van der Waals surface area contributed by atoms with E-state index in [0.717, 1.165) is 30.7 Å². The van der Waals surface area contributed by atoms with Crippen molar-refractivity contribution >= 4 is 37.0 Å². The molecule has 0 spiro atoms. The first-order chi connectivity index (χ1) is 8.79. The topological polar surface area (TPSA) is 54.5 Å². The summed E-state index contributed by atoms with van der Waals surface area (Å²) < 4.78 is 22.4. The van der Waals surface area contributed by atoms with E-state index in [2.05, 4.69) is 6.92 Å². The highest BCUT2D eigenvalue weighted by Gasteiger charge is 2.28. The van der Waals surface area contributed by atoms with Crippen LogP contribution in [-0.4, -0.2) is 31.8 Å². The Labute approximate surface area is 121 Å². The van der Waals surface area contributed by atoms with Gasteiger partial charge in [0.05, 0.1) is 5.56 Å². The van der Waals surface area contributed by atoms with Gasteiger partial charge in [-0.05, 0) is 31.7 Å². The molecular weight excluding hydrogens is 306 g/mol. The lowest BCUT2D eigenvalue weighted by Crippen LogP contribution is -2.44. The molecule has 0 radical (unpaired) electrons. The molecule has 0 bridgehead atoms. The molecule has 1 aromatic heterocycles. The summed E-state index contributed by atoms with van der Waals surface area (Å²) >= 11 is 0.983. The number of rotatable bonds is 2. The van der Waals surface area contributed by atoms with Crippen molar-refractivity contribution in [3.05, 3.63) is 17.0 Å². The monoisotopic (exact) mass is 321 g/mol. The van der Waals surface area contributed by atoms with E-state index < -0.39 is 9.05 Å². The Balaban J connectivity index is 2.22. The van der Waals surface area contributed by atoms with E-state index in [9.17, 15) is 13.2 Å². The number of hydrogen-bond acceptors (Lipinski definition) is 4. The zero-order valence-electron chi connectivity index (χ0n) is 10.8. The molecule has 1 aromatic rings. The molecule has 2 rings (SSSR count). The quantitative estimate of drug-likeness (QED) is 0.787. The molecule has 2 unspecified atom stereocenters. The van der Waals surface area contributed by atoms with Gasteiger partial charge in [0.15, 0.2) is 0 Å². The third-order valence-electron chi connectivity index (χ3n) is 3.44. The zero-order chi connectivity index (χ0) is 14.2. The van der Waals surface area contributed by atoms with Crippen LogP contribution >= 0.6 is 22.0 Å². The van der Waals surface area contributed by atoms with E-state index in [-0.39, 0.29) is 16.2 Å². The molecule has 7 heteroatoms. The van der Waals surface area contributed by atoms with Crippen LogP contribution in [0, 0.1) is 5.92 Å². The lowest BCUT2D eigenvalue weighted by atomic mass is 9.94. The van der Waals surface area contributed by atoms with Crippen LogP contribution < -0.4 is 0 Å². The van der Waals surface area contributed by atoms with E-state index >= 15 is 0 Å². The van der Waals surface area contributed by atoms with Crippen molar-refractivity contribution in [3.8, 4) is 0 Å². The number of hydrogen-bond donors (Lipinski definition) is 0. The first kappa shape index (κ1) is 14.8. The van der Waals surface area contributed by atoms with Crippen LogP contribution in [0.4, 0.5) is 0 Å². The van der Waals surface area contributed by atoms with Crippen molar-refractivity contribution < 1.29 is 13.2 Å². The molecule has 0 aromatic carbocycles. The highest BCUT2D eigenvalue weighted by Crippen LogP contribution is 2.27. The van der Waals surface area contributed by atoms with Gasteiger partial charge in [0.2, 0.25) is 0 Å². The average Bonchev–Trinajstić information content (AvgIpc) is 2.80. The summed E-state index contributed by atoms with van der Waals surface area (Å²) in [5, 5.41) is 1.56. The van der Waals surface area contributed by atoms with Crippen LogP contribution in [0.15, 0.2) is 15.7 Å². The molecule has 0 saturated carbocycles. The van der Waals surface area contributed by atoms with Gasteiger partial charge in [-0.2, -0.15) is 0 Å². The number of amides is 1. The fraction of sp³-hybridized carbons (Fsp3) is 0.583. The summed E-state index contributed by atoms with van der Waals surface area (Å²) in [6, 6.07) is 1.56. The lowest BCUT2D eigenvalue weighted by Gasteiger charge is -2.36. The molecule has 2 atom stereocenters. The fourth-order valence-corrected chi connectivity index (χ4v) is 4.23. The van der Waals surface area contributed by atoms with Crippen LogP contribution in [0.1, 0.15) is 37.0 Å². The third kappa shape index (κ3) is 3.30. The van der Waals surface area contributed by atoms with Crippen LogP contribution in [-0.2, 0) is 9.05 Å². The van der Waals surface area contributed by atoms with Crippen molar-refractivity contribution in [3.63, 3.8) is 0 Å².